The topological polar surface area (TPSA) is 75.4 Å². The molecule has 7 nitrogen and oxygen atoms in total. The average Bonchev–Trinajstić information content (AvgIpc) is 3.23. The zero-order chi connectivity index (χ0) is 18.3. The van der Waals surface area contributed by atoms with Gasteiger partial charge in [-0.1, -0.05) is 0 Å². The van der Waals surface area contributed by atoms with Crippen molar-refractivity contribution in [3.05, 3.63) is 47.9 Å². The van der Waals surface area contributed by atoms with Crippen molar-refractivity contribution in [2.45, 2.75) is 25.8 Å². The van der Waals surface area contributed by atoms with Crippen LogP contribution in [0.25, 0.3) is 5.65 Å². The monoisotopic (exact) mass is 358 g/mol. The van der Waals surface area contributed by atoms with Crippen LogP contribution in [-0.2, 0) is 4.79 Å². The molecule has 0 unspecified atom stereocenters. The second kappa shape index (κ2) is 6.32. The van der Waals surface area contributed by atoms with Crippen molar-refractivity contribution in [3.63, 3.8) is 0 Å². The summed E-state index contributed by atoms with van der Waals surface area (Å²) < 4.78 is 29.3. The molecule has 26 heavy (non-hydrogen) atoms. The van der Waals surface area contributed by atoms with E-state index in [4.69, 9.17) is 0 Å². The Balaban J connectivity index is 1.73. The van der Waals surface area contributed by atoms with Crippen molar-refractivity contribution in [1.29, 1.82) is 0 Å². The van der Waals surface area contributed by atoms with E-state index < -0.39 is 11.6 Å². The van der Waals surface area contributed by atoms with E-state index in [9.17, 15) is 13.6 Å². The summed E-state index contributed by atoms with van der Waals surface area (Å²) in [7, 11) is 0. The van der Waals surface area contributed by atoms with Crippen molar-refractivity contribution in [2.75, 3.05) is 16.8 Å². The van der Waals surface area contributed by atoms with E-state index in [2.05, 4.69) is 20.4 Å². The van der Waals surface area contributed by atoms with Gasteiger partial charge in [-0.3, -0.25) is 4.79 Å². The number of aromatic nitrogens is 4. The molecule has 0 saturated carbocycles. The molecule has 0 bridgehead atoms. The van der Waals surface area contributed by atoms with Crippen molar-refractivity contribution in [1.82, 2.24) is 19.6 Å². The summed E-state index contributed by atoms with van der Waals surface area (Å²) in [4.78, 5) is 22.0. The highest BCUT2D eigenvalue weighted by Gasteiger charge is 2.30. The Labute approximate surface area is 147 Å². The van der Waals surface area contributed by atoms with Crippen LogP contribution >= 0.6 is 0 Å². The van der Waals surface area contributed by atoms with Gasteiger partial charge in [0, 0.05) is 19.0 Å². The Morgan fingerprint density at radius 2 is 2.19 bits per heavy atom. The Bertz CT molecular complexity index is 989. The third-order valence-electron chi connectivity index (χ3n) is 4.40. The van der Waals surface area contributed by atoms with Gasteiger partial charge in [0.1, 0.15) is 23.6 Å². The molecule has 1 saturated heterocycles. The molecule has 1 aliphatic rings. The predicted octanol–water partition coefficient (Wildman–Crippen LogP) is 2.70. The number of carbonyl (C=O) groups is 1. The predicted molar refractivity (Wildman–Crippen MR) is 90.8 cm³/mol. The number of fused-ring (bicyclic) bond motifs is 1. The Kier molecular flexibility index (Phi) is 3.98. The Morgan fingerprint density at radius 1 is 1.35 bits per heavy atom. The quantitative estimate of drug-likeness (QED) is 0.779. The highest BCUT2D eigenvalue weighted by Crippen LogP contribution is 2.36. The molecule has 0 spiro atoms. The third-order valence-corrected chi connectivity index (χ3v) is 4.40. The highest BCUT2D eigenvalue weighted by atomic mass is 19.1. The van der Waals surface area contributed by atoms with Crippen LogP contribution in [0, 0.1) is 11.6 Å². The fraction of sp³-hybridized carbons (Fsp3) is 0.294. The lowest BCUT2D eigenvalue weighted by atomic mass is 10.0. The molecular formula is C17H16F2N6O. The van der Waals surface area contributed by atoms with Gasteiger partial charge < -0.3 is 10.2 Å². The molecular weight excluding hydrogens is 342 g/mol. The Morgan fingerprint density at radius 3 is 3.00 bits per heavy atom. The van der Waals surface area contributed by atoms with E-state index in [-0.39, 0.29) is 11.9 Å². The second-order valence-electron chi connectivity index (χ2n) is 6.18. The number of hydrogen-bond donors (Lipinski definition) is 1. The molecule has 9 heteroatoms. The number of amides is 1. The van der Waals surface area contributed by atoms with Crippen LogP contribution in [0.4, 0.5) is 20.4 Å². The van der Waals surface area contributed by atoms with Gasteiger partial charge in [0.15, 0.2) is 5.65 Å². The van der Waals surface area contributed by atoms with Gasteiger partial charge in [0.05, 0.1) is 12.2 Å². The summed E-state index contributed by atoms with van der Waals surface area (Å²) in [6.07, 6.45) is 4.46. The molecule has 134 valence electrons. The SMILES string of the molecule is CC(=O)Nc1cnn2cnc(N3CCC[C@@H]3c3cc(F)ccc3F)nc12. The zero-order valence-corrected chi connectivity index (χ0v) is 14.0. The molecule has 1 N–H and O–H groups in total. The van der Waals surface area contributed by atoms with E-state index in [1.165, 1.54) is 30.0 Å². The number of nitrogens with one attached hydrogen (secondary N) is 1. The minimum atomic E-state index is -0.478. The number of halogens is 2. The minimum Gasteiger partial charge on any atom is -0.334 e. The molecule has 3 heterocycles. The molecule has 1 fully saturated rings. The zero-order valence-electron chi connectivity index (χ0n) is 14.0. The van der Waals surface area contributed by atoms with Crippen LogP contribution in [-0.4, -0.2) is 32.0 Å². The summed E-state index contributed by atoms with van der Waals surface area (Å²) in [6, 6.07) is 3.11. The molecule has 1 aliphatic heterocycles. The average molecular weight is 358 g/mol. The van der Waals surface area contributed by atoms with E-state index in [1.807, 2.05) is 4.90 Å². The summed E-state index contributed by atoms with van der Waals surface area (Å²) >= 11 is 0. The van der Waals surface area contributed by atoms with Crippen LogP contribution in [0.15, 0.2) is 30.7 Å². The minimum absolute atomic E-state index is 0.235. The first-order valence-corrected chi connectivity index (χ1v) is 8.22. The van der Waals surface area contributed by atoms with Crippen LogP contribution in [0.5, 0.6) is 0 Å². The van der Waals surface area contributed by atoms with Crippen LogP contribution in [0.3, 0.4) is 0 Å². The maximum Gasteiger partial charge on any atom is 0.229 e. The number of carbonyl (C=O) groups excluding carboxylic acids is 1. The van der Waals surface area contributed by atoms with Crippen molar-refractivity contribution >= 4 is 23.2 Å². The Hall–Kier alpha value is -3.10. The van der Waals surface area contributed by atoms with Crippen molar-refractivity contribution in [2.24, 2.45) is 0 Å². The molecule has 2 aromatic heterocycles. The summed E-state index contributed by atoms with van der Waals surface area (Å²) in [5.41, 5.74) is 1.20. The van der Waals surface area contributed by atoms with Gasteiger partial charge in [0.2, 0.25) is 11.9 Å². The molecule has 1 aromatic carbocycles. The number of hydrogen-bond acceptors (Lipinski definition) is 5. The lowest BCUT2D eigenvalue weighted by molar-refractivity contribution is -0.114. The molecule has 0 radical (unpaired) electrons. The van der Waals surface area contributed by atoms with E-state index in [0.717, 1.165) is 18.6 Å². The molecule has 1 atom stereocenters. The van der Waals surface area contributed by atoms with Crippen LogP contribution in [0.1, 0.15) is 31.4 Å². The van der Waals surface area contributed by atoms with Crippen LogP contribution in [0.2, 0.25) is 0 Å². The summed E-state index contributed by atoms with van der Waals surface area (Å²) in [6.45, 7) is 2.02. The normalized spacial score (nSPS) is 17.0. The largest absolute Gasteiger partial charge is 0.334 e. The summed E-state index contributed by atoms with van der Waals surface area (Å²) in [5.74, 6) is -0.780. The summed E-state index contributed by atoms with van der Waals surface area (Å²) in [5, 5.41) is 6.76. The number of benzene rings is 1. The molecule has 4 rings (SSSR count). The molecule has 0 aliphatic carbocycles. The van der Waals surface area contributed by atoms with Gasteiger partial charge in [-0.05, 0) is 31.0 Å². The van der Waals surface area contributed by atoms with Crippen LogP contribution < -0.4 is 10.2 Å². The lowest BCUT2D eigenvalue weighted by Gasteiger charge is -2.25. The van der Waals surface area contributed by atoms with E-state index >= 15 is 0 Å². The third kappa shape index (κ3) is 2.85. The first-order chi connectivity index (χ1) is 12.5. The van der Waals surface area contributed by atoms with Crippen molar-refractivity contribution < 1.29 is 13.6 Å². The maximum atomic E-state index is 14.2. The maximum absolute atomic E-state index is 14.2. The van der Waals surface area contributed by atoms with Gasteiger partial charge >= 0.3 is 0 Å². The first-order valence-electron chi connectivity index (χ1n) is 8.22. The number of rotatable bonds is 3. The van der Waals surface area contributed by atoms with Gasteiger partial charge in [-0.15, -0.1) is 0 Å². The highest BCUT2D eigenvalue weighted by molar-refractivity contribution is 5.92. The molecule has 1 amide bonds. The van der Waals surface area contributed by atoms with E-state index in [1.54, 1.807) is 0 Å². The van der Waals surface area contributed by atoms with Gasteiger partial charge in [-0.25, -0.2) is 18.3 Å². The van der Waals surface area contributed by atoms with Gasteiger partial charge in [-0.2, -0.15) is 10.1 Å². The standard InChI is InChI=1S/C17H16F2N6O/c1-10(26)22-14-8-21-25-9-20-17(23-16(14)25)24-6-2-3-15(24)12-7-11(18)4-5-13(12)19/h4-5,7-9,15H,2-3,6H2,1H3,(H,22,26)/t15-/m1/s1. The van der Waals surface area contributed by atoms with Gasteiger partial charge in [0.25, 0.3) is 0 Å². The fourth-order valence-corrected chi connectivity index (χ4v) is 3.30. The second-order valence-corrected chi connectivity index (χ2v) is 6.18. The first kappa shape index (κ1) is 16.4. The smallest absolute Gasteiger partial charge is 0.229 e. The van der Waals surface area contributed by atoms with Crippen molar-refractivity contribution in [3.8, 4) is 0 Å². The van der Waals surface area contributed by atoms with E-state index in [0.29, 0.717) is 35.8 Å². The lowest BCUT2D eigenvalue weighted by Crippen LogP contribution is -2.25. The fourth-order valence-electron chi connectivity index (χ4n) is 3.30. The number of nitrogens with zero attached hydrogens (tertiary/aromatic N) is 5. The molecule has 3 aromatic rings. The number of anilines is 2.